The molecule has 6 amide bonds. The maximum atomic E-state index is 13.0. The van der Waals surface area contributed by atoms with Gasteiger partial charge in [0.2, 0.25) is 5.91 Å². The Morgan fingerprint density at radius 2 is 0.755 bits per heavy atom. The number of benzene rings is 9. The number of amides is 6. The van der Waals surface area contributed by atoms with Gasteiger partial charge in [0.05, 0.1) is 88.9 Å². The number of hydroxylamine groups is 1. The number of hydrogen-bond acceptors (Lipinski definition) is 19. The second-order valence-corrected chi connectivity index (χ2v) is 28.0. The number of carbonyl (C=O) groups is 8. The van der Waals surface area contributed by atoms with Gasteiger partial charge in [-0.1, -0.05) is 156 Å². The minimum absolute atomic E-state index is 0.0653. The van der Waals surface area contributed by atoms with E-state index in [-0.39, 0.29) is 55.8 Å². The summed E-state index contributed by atoms with van der Waals surface area (Å²) in [5.41, 5.74) is 8.93. The molecule has 5 aliphatic rings. The molecule has 0 atom stereocenters. The molecular weight excluding hydrogens is 1450 g/mol. The lowest BCUT2D eigenvalue weighted by atomic mass is 10.2. The number of thioether (sulfide) groups is 5. The number of nitrogens with zero attached hydrogens (tertiary/aromatic N) is 3. The highest BCUT2D eigenvalue weighted by atomic mass is 32.2. The van der Waals surface area contributed by atoms with Crippen LogP contribution in [0.25, 0.3) is 24.3 Å². The van der Waals surface area contributed by atoms with Crippen molar-refractivity contribution in [3.63, 3.8) is 0 Å². The Kier molecular flexibility index (Phi) is 27.6. The zero-order valence-electron chi connectivity index (χ0n) is 57.7. The fourth-order valence-electron chi connectivity index (χ4n) is 10.4. The lowest BCUT2D eigenvalue weighted by Gasteiger charge is -2.29. The second-order valence-electron chi connectivity index (χ2n) is 22.6. The van der Waals surface area contributed by atoms with Crippen LogP contribution in [0.4, 0.5) is 28.4 Å². The lowest BCUT2D eigenvalue weighted by molar-refractivity contribution is -0.142. The first-order valence-corrected chi connectivity index (χ1v) is 36.8. The molecule has 0 bridgehead atoms. The molecule has 106 heavy (non-hydrogen) atoms. The Balaban J connectivity index is 0.000000145. The summed E-state index contributed by atoms with van der Waals surface area (Å²) < 4.78 is 25.5. The summed E-state index contributed by atoms with van der Waals surface area (Å²) >= 11 is 7.17. The molecule has 9 aromatic carbocycles. The molecule has 0 saturated heterocycles. The number of rotatable bonds is 15. The van der Waals surface area contributed by atoms with E-state index in [4.69, 9.17) is 34.0 Å². The van der Waals surface area contributed by atoms with Gasteiger partial charge in [0.1, 0.15) is 42.6 Å². The first-order valence-electron chi connectivity index (χ1n) is 32.5. The standard InChI is InChI=1S/C20H19NO4S.C18H16N2O4S.C18H15NO4S.C16H13NO2S.C8H7NOS/c1-3-25-19(22)13-21-16-6-4-5-7-17(16)26-18(20(21)23)12-14-8-10-15(24-2)11-9-14;1-24-13-8-6-12(7-9-13)10-16-18(22)20(11-17(21)19-23)14-4-2-3-5-15(14)25-16;1-23-13-8-6-12(7-9-13)10-16-18(22)19(11-17(20)21)14-4-2-3-5-15(14)24-16;1-19-12-8-6-11(7-9-12)10-15-16(18)17-13-4-2-3-5-14(13)20-15;10-8-5-11-7-4-2-1-3-6(7)9-8/h4-12H,3,13H2,1-2H3;2-10,23H,11H2,1H3,(H,19,21);2-10H,11H2,1H3,(H,20,21);2-10H,1H3,(H,17,18);1-4H,5H2,(H,9,10)/b18-12-;2*16-10-;15-10-;. The van der Waals surface area contributed by atoms with Gasteiger partial charge < -0.3 is 39.4 Å². The molecule has 5 aliphatic heterocycles. The maximum Gasteiger partial charge on any atom is 0.326 e. The number of carboxylic acids is 1. The Morgan fingerprint density at radius 1 is 0.425 bits per heavy atom. The van der Waals surface area contributed by atoms with Gasteiger partial charge in [0, 0.05) is 24.5 Å². The SMILES string of the molecule is CCOC(=O)CN1C(=O)/C(=C/c2ccc(OC)cc2)Sc2ccccc21.COc1ccc(/C=C2\Sc3ccccc3N(CC(=O)NO)C2=O)cc1.COc1ccc(/C=C2\Sc3ccccc3N(CC(=O)O)C2=O)cc1.COc1ccc(/C=C2\Sc3ccccc3NC2=O)cc1.O=C1CSc2ccccc2N1. The van der Waals surface area contributed by atoms with Gasteiger partial charge in [-0.05, 0) is 163 Å². The predicted octanol–water partition coefficient (Wildman–Crippen LogP) is 15.2. The van der Waals surface area contributed by atoms with Gasteiger partial charge >= 0.3 is 11.9 Å². The van der Waals surface area contributed by atoms with Crippen molar-refractivity contribution < 1.29 is 72.4 Å². The molecular formula is C80H70N6O15S5. The third-order valence-electron chi connectivity index (χ3n) is 15.6. The highest BCUT2D eigenvalue weighted by Gasteiger charge is 2.34. The quantitative estimate of drug-likeness (QED) is 0.0276. The first kappa shape index (κ1) is 77.2. The summed E-state index contributed by atoms with van der Waals surface area (Å²) in [5.74, 6) is 0.656. The number of fused-ring (bicyclic) bond motifs is 5. The monoisotopic (exact) mass is 1510 g/mol. The van der Waals surface area contributed by atoms with Crippen molar-refractivity contribution in [3.05, 3.63) is 260 Å². The summed E-state index contributed by atoms with van der Waals surface area (Å²) in [6.45, 7) is 1.30. The highest BCUT2D eigenvalue weighted by Crippen LogP contribution is 2.45. The average molecular weight is 1520 g/mol. The Bertz CT molecular complexity index is 4840. The molecule has 14 rings (SSSR count). The highest BCUT2D eigenvalue weighted by molar-refractivity contribution is 8.05. The van der Waals surface area contributed by atoms with Gasteiger partial charge in [-0.15, -0.1) is 11.8 Å². The van der Waals surface area contributed by atoms with Crippen LogP contribution in [0.3, 0.4) is 0 Å². The van der Waals surface area contributed by atoms with Gasteiger partial charge in [-0.25, -0.2) is 5.48 Å². The molecule has 0 aliphatic carbocycles. The second kappa shape index (κ2) is 37.9. The van der Waals surface area contributed by atoms with Crippen molar-refractivity contribution in [2.45, 2.75) is 31.4 Å². The van der Waals surface area contributed by atoms with Gasteiger partial charge in [0.25, 0.3) is 29.5 Å². The molecule has 26 heteroatoms. The average Bonchev–Trinajstić information content (AvgIpc) is 0.797. The third-order valence-corrected chi connectivity index (χ3v) is 21.0. The van der Waals surface area contributed by atoms with Crippen LogP contribution in [-0.2, 0) is 43.1 Å². The fourth-order valence-corrected chi connectivity index (χ4v) is 15.4. The minimum atomic E-state index is -1.05. The number of anilines is 5. The molecule has 5 heterocycles. The van der Waals surface area contributed by atoms with Crippen LogP contribution in [0.1, 0.15) is 29.2 Å². The van der Waals surface area contributed by atoms with Crippen molar-refractivity contribution in [1.29, 1.82) is 0 Å². The summed E-state index contributed by atoms with van der Waals surface area (Å²) in [7, 11) is 6.43. The van der Waals surface area contributed by atoms with Crippen molar-refractivity contribution in [2.24, 2.45) is 0 Å². The van der Waals surface area contributed by atoms with Gasteiger partial charge in [0.15, 0.2) is 0 Å². The molecule has 21 nitrogen and oxygen atoms in total. The molecule has 9 aromatic rings. The Hall–Kier alpha value is -11.4. The van der Waals surface area contributed by atoms with Crippen LogP contribution in [0.15, 0.2) is 262 Å². The van der Waals surface area contributed by atoms with Crippen LogP contribution in [0.5, 0.6) is 23.0 Å². The maximum absolute atomic E-state index is 13.0. The molecule has 0 aromatic heterocycles. The minimum Gasteiger partial charge on any atom is -0.497 e. The van der Waals surface area contributed by atoms with E-state index in [1.807, 2.05) is 206 Å². The van der Waals surface area contributed by atoms with E-state index in [0.717, 1.165) is 86.8 Å². The number of methoxy groups -OCH3 is 4. The Labute approximate surface area is 633 Å². The van der Waals surface area contributed by atoms with Crippen LogP contribution < -0.4 is 49.8 Å². The first-order chi connectivity index (χ1) is 51.4. The van der Waals surface area contributed by atoms with E-state index in [0.29, 0.717) is 36.7 Å². The number of nitrogens with one attached hydrogen (secondary N) is 3. The largest absolute Gasteiger partial charge is 0.497 e. The molecule has 5 N–H and O–H groups in total. The normalized spacial score (nSPS) is 15.2. The molecule has 0 spiro atoms. The smallest absolute Gasteiger partial charge is 0.326 e. The number of esters is 1. The summed E-state index contributed by atoms with van der Waals surface area (Å²) in [5, 5.41) is 23.6. The molecule has 540 valence electrons. The lowest BCUT2D eigenvalue weighted by Crippen LogP contribution is -2.41. The third kappa shape index (κ3) is 20.7. The number of carbonyl (C=O) groups excluding carboxylic acids is 7. The number of ether oxygens (including phenoxy) is 5. The van der Waals surface area contributed by atoms with E-state index in [1.54, 1.807) is 89.0 Å². The zero-order chi connectivity index (χ0) is 75.1. The summed E-state index contributed by atoms with van der Waals surface area (Å²) in [4.78, 5) is 107. The number of hydrogen-bond donors (Lipinski definition) is 5. The number of para-hydroxylation sites is 5. The molecule has 0 fully saturated rings. The van der Waals surface area contributed by atoms with Crippen LogP contribution in [-0.4, -0.2) is 118 Å². The van der Waals surface area contributed by atoms with Crippen molar-refractivity contribution in [1.82, 2.24) is 5.48 Å². The van der Waals surface area contributed by atoms with E-state index in [9.17, 15) is 38.4 Å². The molecule has 0 saturated carbocycles. The van der Waals surface area contributed by atoms with E-state index in [2.05, 4.69) is 10.6 Å². The van der Waals surface area contributed by atoms with Gasteiger partial charge in [-0.2, -0.15) is 0 Å². The van der Waals surface area contributed by atoms with Gasteiger partial charge in [-0.3, -0.25) is 58.3 Å². The predicted molar refractivity (Wildman–Crippen MR) is 419 cm³/mol. The van der Waals surface area contributed by atoms with Crippen molar-refractivity contribution in [3.8, 4) is 23.0 Å². The van der Waals surface area contributed by atoms with Crippen LogP contribution >= 0.6 is 58.8 Å². The van der Waals surface area contributed by atoms with Crippen LogP contribution in [0.2, 0.25) is 0 Å². The van der Waals surface area contributed by atoms with E-state index >= 15 is 0 Å². The topological polar surface area (TPSA) is 269 Å². The molecule has 0 unspecified atom stereocenters. The fraction of sp³-hybridized carbons (Fsp3) is 0.125. The van der Waals surface area contributed by atoms with Crippen molar-refractivity contribution >= 4 is 159 Å². The van der Waals surface area contributed by atoms with Crippen molar-refractivity contribution in [2.75, 3.05) is 85.8 Å². The number of aliphatic carboxylic acids is 1. The molecule has 0 radical (unpaired) electrons. The Morgan fingerprint density at radius 3 is 1.13 bits per heavy atom. The number of carboxylic acid groups (broad SMARTS) is 1. The van der Waals surface area contributed by atoms with Crippen LogP contribution in [0, 0.1) is 0 Å². The zero-order valence-corrected chi connectivity index (χ0v) is 61.8. The van der Waals surface area contributed by atoms with E-state index < -0.39 is 17.8 Å². The summed E-state index contributed by atoms with van der Waals surface area (Å²) in [6.07, 6.45) is 7.24. The van der Waals surface area contributed by atoms with E-state index in [1.165, 1.54) is 61.7 Å². The summed E-state index contributed by atoms with van der Waals surface area (Å²) in [6, 6.07) is 67.5.